The Labute approximate surface area is 232 Å². The molecule has 4 unspecified atom stereocenters. The Morgan fingerprint density at radius 3 is 2.11 bits per heavy atom. The molecule has 0 aromatic heterocycles. The Hall–Kier alpha value is -1.32. The summed E-state index contributed by atoms with van der Waals surface area (Å²) in [5.41, 5.74) is 2.31. The van der Waals surface area contributed by atoms with Crippen LogP contribution in [0.25, 0.3) is 0 Å². The van der Waals surface area contributed by atoms with Gasteiger partial charge in [0.05, 0.1) is 0 Å². The molecule has 5 aliphatic rings. The van der Waals surface area contributed by atoms with Crippen LogP contribution in [0.4, 0.5) is 0 Å². The van der Waals surface area contributed by atoms with Crippen LogP contribution in [0.2, 0.25) is 0 Å². The molecule has 38 heavy (non-hydrogen) atoms. The standard InChI is InChI=1S/C34H54O4/c1-21(2)24-12-15-30(5)18-19-33(8)25(29(24)30)10-11-27-31(6)16-14-28(38-23(4)36)32(7,20-37-22(3)35)26(31)13-17-34(27,33)9/h24-29H,1,10-20H2,2-9H3/t24-,25?,26?,27?,28-,29?,30+,31-,32-,33+,34+/m0/s1. The van der Waals surface area contributed by atoms with Crippen molar-refractivity contribution < 1.29 is 19.1 Å². The van der Waals surface area contributed by atoms with Crippen molar-refractivity contribution in [3.8, 4) is 0 Å². The third-order valence-electron chi connectivity index (χ3n) is 14.1. The number of esters is 2. The number of carbonyl (C=O) groups excluding carboxylic acids is 2. The van der Waals surface area contributed by atoms with Crippen molar-refractivity contribution in [3.05, 3.63) is 12.2 Å². The van der Waals surface area contributed by atoms with E-state index in [0.717, 1.165) is 31.1 Å². The first-order valence-corrected chi connectivity index (χ1v) is 15.6. The lowest BCUT2D eigenvalue weighted by Gasteiger charge is -2.73. The number of allylic oxidation sites excluding steroid dienone is 1. The molecule has 0 spiro atoms. The third kappa shape index (κ3) is 3.80. The zero-order valence-corrected chi connectivity index (χ0v) is 25.6. The van der Waals surface area contributed by atoms with Crippen LogP contribution in [-0.4, -0.2) is 24.6 Å². The highest BCUT2D eigenvalue weighted by molar-refractivity contribution is 5.66. The minimum absolute atomic E-state index is 0.150. The number of hydrogen-bond donors (Lipinski definition) is 0. The Bertz CT molecular complexity index is 1000. The van der Waals surface area contributed by atoms with E-state index in [-0.39, 0.29) is 28.9 Å². The summed E-state index contributed by atoms with van der Waals surface area (Å²) >= 11 is 0. The molecule has 4 heteroatoms. The SMILES string of the molecule is C=C(C)[C@@H]1CC[C@]2(C)CC[C@]3(C)C(CCC4[C@@]5(C)CC[C@H](OC(C)=O)[C@@](C)(COC(C)=O)C5CC[C@]43C)C12. The first-order chi connectivity index (χ1) is 17.6. The second-order valence-electron chi connectivity index (χ2n) is 15.8. The third-order valence-corrected chi connectivity index (χ3v) is 14.1. The van der Waals surface area contributed by atoms with Crippen molar-refractivity contribution in [2.75, 3.05) is 6.61 Å². The summed E-state index contributed by atoms with van der Waals surface area (Å²) < 4.78 is 11.7. The molecular weight excluding hydrogens is 472 g/mol. The van der Waals surface area contributed by atoms with E-state index in [1.165, 1.54) is 64.4 Å². The number of rotatable bonds is 4. The quantitative estimate of drug-likeness (QED) is 0.274. The minimum Gasteiger partial charge on any atom is -0.465 e. The predicted octanol–water partition coefficient (Wildman–Crippen LogP) is 8.14. The van der Waals surface area contributed by atoms with Gasteiger partial charge in [-0.05, 0) is 122 Å². The fourth-order valence-electron chi connectivity index (χ4n) is 12.1. The lowest BCUT2D eigenvalue weighted by molar-refractivity contribution is -0.256. The summed E-state index contributed by atoms with van der Waals surface area (Å²) in [4.78, 5) is 24.0. The van der Waals surface area contributed by atoms with E-state index >= 15 is 0 Å². The Morgan fingerprint density at radius 2 is 1.47 bits per heavy atom. The maximum Gasteiger partial charge on any atom is 0.302 e. The lowest BCUT2D eigenvalue weighted by Crippen LogP contribution is -2.67. The number of fused-ring (bicyclic) bond motifs is 7. The summed E-state index contributed by atoms with van der Waals surface area (Å²) in [6.45, 7) is 22.9. The van der Waals surface area contributed by atoms with Gasteiger partial charge in [-0.25, -0.2) is 0 Å². The van der Waals surface area contributed by atoms with Gasteiger partial charge in [0.25, 0.3) is 0 Å². The minimum atomic E-state index is -0.356. The largest absolute Gasteiger partial charge is 0.465 e. The maximum atomic E-state index is 12.1. The van der Waals surface area contributed by atoms with Crippen LogP contribution in [-0.2, 0) is 19.1 Å². The summed E-state index contributed by atoms with van der Waals surface area (Å²) in [5.74, 6) is 2.77. The van der Waals surface area contributed by atoms with Gasteiger partial charge in [0.2, 0.25) is 0 Å². The van der Waals surface area contributed by atoms with Crippen LogP contribution in [0.1, 0.15) is 120 Å². The topological polar surface area (TPSA) is 52.6 Å². The fraction of sp³-hybridized carbons (Fsp3) is 0.882. The second-order valence-corrected chi connectivity index (χ2v) is 15.8. The molecule has 0 bridgehead atoms. The zero-order chi connectivity index (χ0) is 27.9. The van der Waals surface area contributed by atoms with Gasteiger partial charge in [0.15, 0.2) is 0 Å². The van der Waals surface area contributed by atoms with E-state index in [2.05, 4.69) is 48.1 Å². The summed E-state index contributed by atoms with van der Waals surface area (Å²) in [6, 6.07) is 0. The van der Waals surface area contributed by atoms with Gasteiger partial charge in [-0.3, -0.25) is 9.59 Å². The van der Waals surface area contributed by atoms with Gasteiger partial charge < -0.3 is 9.47 Å². The van der Waals surface area contributed by atoms with Crippen molar-refractivity contribution in [2.24, 2.45) is 56.7 Å². The molecule has 5 aliphatic carbocycles. The molecule has 5 fully saturated rings. The van der Waals surface area contributed by atoms with Crippen LogP contribution in [0, 0.1) is 56.7 Å². The molecule has 4 nitrogen and oxygen atoms in total. The molecule has 5 rings (SSSR count). The van der Waals surface area contributed by atoms with E-state index in [1.807, 2.05) is 0 Å². The van der Waals surface area contributed by atoms with Crippen molar-refractivity contribution >= 4 is 11.9 Å². The van der Waals surface area contributed by atoms with E-state index in [1.54, 1.807) is 0 Å². The molecule has 0 heterocycles. The van der Waals surface area contributed by atoms with Crippen LogP contribution >= 0.6 is 0 Å². The van der Waals surface area contributed by atoms with Crippen LogP contribution in [0.3, 0.4) is 0 Å². The van der Waals surface area contributed by atoms with Crippen molar-refractivity contribution in [2.45, 2.75) is 126 Å². The average molecular weight is 527 g/mol. The molecule has 5 saturated carbocycles. The molecule has 11 atom stereocenters. The number of carbonyl (C=O) groups is 2. The van der Waals surface area contributed by atoms with Gasteiger partial charge >= 0.3 is 11.9 Å². The molecule has 0 aromatic rings. The van der Waals surface area contributed by atoms with E-state index in [4.69, 9.17) is 9.47 Å². The van der Waals surface area contributed by atoms with Crippen LogP contribution < -0.4 is 0 Å². The molecule has 0 saturated heterocycles. The summed E-state index contributed by atoms with van der Waals surface area (Å²) in [5, 5.41) is 0. The highest BCUT2D eigenvalue weighted by Gasteiger charge is 2.71. The number of ether oxygens (including phenoxy) is 2. The molecule has 0 aliphatic heterocycles. The normalized spacial score (nSPS) is 51.6. The summed E-state index contributed by atoms with van der Waals surface area (Å²) in [7, 11) is 0. The number of hydrogen-bond acceptors (Lipinski definition) is 4. The van der Waals surface area contributed by atoms with E-state index in [0.29, 0.717) is 40.6 Å². The first-order valence-electron chi connectivity index (χ1n) is 15.6. The first kappa shape index (κ1) is 28.2. The van der Waals surface area contributed by atoms with Gasteiger partial charge in [-0.2, -0.15) is 0 Å². The molecule has 214 valence electrons. The Morgan fingerprint density at radius 1 is 0.763 bits per heavy atom. The van der Waals surface area contributed by atoms with E-state index < -0.39 is 0 Å². The van der Waals surface area contributed by atoms with Crippen LogP contribution in [0.5, 0.6) is 0 Å². The van der Waals surface area contributed by atoms with Gasteiger partial charge in [-0.15, -0.1) is 0 Å². The second kappa shape index (κ2) is 9.10. The molecule has 0 N–H and O–H groups in total. The highest BCUT2D eigenvalue weighted by Crippen LogP contribution is 2.77. The zero-order valence-electron chi connectivity index (χ0n) is 25.6. The van der Waals surface area contributed by atoms with Crippen molar-refractivity contribution in [3.63, 3.8) is 0 Å². The molecular formula is C34H54O4. The lowest BCUT2D eigenvalue weighted by atomic mass is 9.32. The van der Waals surface area contributed by atoms with Crippen molar-refractivity contribution in [1.82, 2.24) is 0 Å². The van der Waals surface area contributed by atoms with E-state index in [9.17, 15) is 9.59 Å². The van der Waals surface area contributed by atoms with Gasteiger partial charge in [-0.1, -0.05) is 46.8 Å². The summed E-state index contributed by atoms with van der Waals surface area (Å²) in [6.07, 6.45) is 12.1. The van der Waals surface area contributed by atoms with Gasteiger partial charge in [0, 0.05) is 19.3 Å². The van der Waals surface area contributed by atoms with Crippen LogP contribution in [0.15, 0.2) is 12.2 Å². The predicted molar refractivity (Wildman–Crippen MR) is 151 cm³/mol. The Balaban J connectivity index is 1.51. The molecule has 0 radical (unpaired) electrons. The monoisotopic (exact) mass is 526 g/mol. The molecule has 0 amide bonds. The fourth-order valence-corrected chi connectivity index (χ4v) is 12.1. The molecule has 0 aromatic carbocycles. The Kier molecular flexibility index (Phi) is 6.76. The van der Waals surface area contributed by atoms with Crippen molar-refractivity contribution in [1.29, 1.82) is 0 Å². The highest BCUT2D eigenvalue weighted by atomic mass is 16.6. The maximum absolute atomic E-state index is 12.1. The smallest absolute Gasteiger partial charge is 0.302 e. The average Bonchev–Trinajstić information content (AvgIpc) is 3.18. The van der Waals surface area contributed by atoms with Gasteiger partial charge in [0.1, 0.15) is 12.7 Å².